The van der Waals surface area contributed by atoms with Crippen LogP contribution in [0.5, 0.6) is 0 Å². The summed E-state index contributed by atoms with van der Waals surface area (Å²) in [7, 11) is 1.59. The minimum absolute atomic E-state index is 0.604. The van der Waals surface area contributed by atoms with Gasteiger partial charge < -0.3 is 9.15 Å². The number of methoxy groups -OCH3 is 1. The van der Waals surface area contributed by atoms with E-state index >= 15 is 0 Å². The van der Waals surface area contributed by atoms with Crippen LogP contribution in [0.4, 0.5) is 0 Å². The van der Waals surface area contributed by atoms with E-state index < -0.39 is 0 Å². The second kappa shape index (κ2) is 9.25. The van der Waals surface area contributed by atoms with Crippen molar-refractivity contribution in [2.45, 2.75) is 20.8 Å². The molecule has 3 aromatic rings. The molecule has 0 saturated carbocycles. The van der Waals surface area contributed by atoms with Gasteiger partial charge in [0, 0.05) is 17.3 Å². The number of hydrogen-bond donors (Lipinski definition) is 0. The number of imidazole rings is 1. The Labute approximate surface area is 159 Å². The normalized spacial score (nSPS) is 11.5. The number of hydrogen-bond acceptors (Lipinski definition) is 4. The second-order valence-corrected chi connectivity index (χ2v) is 5.24. The zero-order valence-corrected chi connectivity index (χ0v) is 16.1. The molecular weight excluding hydrogens is 338 g/mol. The van der Waals surface area contributed by atoms with Crippen molar-refractivity contribution in [3.63, 3.8) is 0 Å². The van der Waals surface area contributed by atoms with Gasteiger partial charge in [-0.2, -0.15) is 5.26 Å². The maximum absolute atomic E-state index is 8.97. The van der Waals surface area contributed by atoms with Crippen LogP contribution in [-0.2, 0) is 4.74 Å². The van der Waals surface area contributed by atoms with Gasteiger partial charge in [-0.3, -0.25) is 4.40 Å². The summed E-state index contributed by atoms with van der Waals surface area (Å²) < 4.78 is 12.9. The van der Waals surface area contributed by atoms with Crippen LogP contribution < -0.4 is 0 Å². The van der Waals surface area contributed by atoms with Crippen molar-refractivity contribution in [3.8, 4) is 17.5 Å². The van der Waals surface area contributed by atoms with Crippen molar-refractivity contribution in [1.29, 1.82) is 5.26 Å². The maximum Gasteiger partial charge on any atom is 0.231 e. The number of aromatic nitrogens is 2. The number of nitrogens with zero attached hydrogens (tertiary/aromatic N) is 3. The predicted octanol–water partition coefficient (Wildman–Crippen LogP) is 5.61. The van der Waals surface area contributed by atoms with Gasteiger partial charge in [-0.25, -0.2) is 4.98 Å². The number of fused-ring (bicyclic) bond motifs is 1. The molecule has 0 unspecified atom stereocenters. The Hall–Kier alpha value is -3.52. The van der Waals surface area contributed by atoms with E-state index in [0.29, 0.717) is 22.7 Å². The fraction of sp³-hybridized carbons (Fsp3) is 0.182. The molecule has 2 heterocycles. The Bertz CT molecular complexity index is 1010. The molecular formula is C22H23N3O2. The molecule has 0 fully saturated rings. The Morgan fingerprint density at radius 3 is 2.56 bits per heavy atom. The first-order valence-electron chi connectivity index (χ1n) is 8.73. The third-order valence-corrected chi connectivity index (χ3v) is 3.79. The fourth-order valence-electron chi connectivity index (χ4n) is 2.65. The van der Waals surface area contributed by atoms with Crippen molar-refractivity contribution in [3.05, 3.63) is 78.5 Å². The molecule has 27 heavy (non-hydrogen) atoms. The molecule has 5 heteroatoms. The largest absolute Gasteiger partial charge is 0.496 e. The minimum Gasteiger partial charge on any atom is -0.496 e. The molecule has 0 spiro atoms. The average molecular weight is 361 g/mol. The van der Waals surface area contributed by atoms with E-state index in [4.69, 9.17) is 19.4 Å². The number of oxazole rings is 1. The molecule has 1 aromatic carbocycles. The van der Waals surface area contributed by atoms with Crippen molar-refractivity contribution in [2.75, 3.05) is 7.11 Å². The summed E-state index contributed by atoms with van der Waals surface area (Å²) in [6.45, 7) is 9.72. The highest BCUT2D eigenvalue weighted by Crippen LogP contribution is 2.30. The number of rotatable bonds is 5. The van der Waals surface area contributed by atoms with E-state index in [-0.39, 0.29) is 0 Å². The van der Waals surface area contributed by atoms with Crippen molar-refractivity contribution < 1.29 is 9.15 Å². The SMILES string of the molecule is C=C/C(OC)=C(\C=C/C)c1nc(-c2ccc(C#N)cc2)n2ccoc12.CC. The van der Waals surface area contributed by atoms with Gasteiger partial charge in [-0.1, -0.05) is 32.6 Å². The minimum atomic E-state index is 0.604. The maximum atomic E-state index is 8.97. The van der Waals surface area contributed by atoms with Crippen LogP contribution in [0.3, 0.4) is 0 Å². The van der Waals surface area contributed by atoms with Crippen molar-refractivity contribution in [2.24, 2.45) is 0 Å². The third kappa shape index (κ3) is 3.85. The molecule has 0 atom stereocenters. The summed E-state index contributed by atoms with van der Waals surface area (Å²) in [5.41, 5.74) is 3.56. The lowest BCUT2D eigenvalue weighted by atomic mass is 10.1. The monoisotopic (exact) mass is 361 g/mol. The Balaban J connectivity index is 0.00000126. The van der Waals surface area contributed by atoms with E-state index in [0.717, 1.165) is 17.0 Å². The van der Waals surface area contributed by atoms with Crippen LogP contribution in [0.1, 0.15) is 32.0 Å². The lowest BCUT2D eigenvalue weighted by molar-refractivity contribution is 0.309. The van der Waals surface area contributed by atoms with Gasteiger partial charge in [-0.05, 0) is 37.3 Å². The summed E-state index contributed by atoms with van der Waals surface area (Å²) in [6.07, 6.45) is 8.89. The molecule has 0 radical (unpaired) electrons. The zero-order valence-electron chi connectivity index (χ0n) is 16.1. The lowest BCUT2D eigenvalue weighted by Gasteiger charge is -2.05. The molecule has 0 bridgehead atoms. The van der Waals surface area contributed by atoms with Gasteiger partial charge in [0.15, 0.2) is 0 Å². The Morgan fingerprint density at radius 1 is 1.30 bits per heavy atom. The number of ether oxygens (including phenoxy) is 1. The fourth-order valence-corrected chi connectivity index (χ4v) is 2.65. The summed E-state index contributed by atoms with van der Waals surface area (Å²) in [5, 5.41) is 8.97. The Kier molecular flexibility index (Phi) is 6.79. The van der Waals surface area contributed by atoms with Crippen LogP contribution in [0.15, 0.2) is 71.7 Å². The van der Waals surface area contributed by atoms with E-state index in [1.165, 1.54) is 0 Å². The van der Waals surface area contributed by atoms with Gasteiger partial charge in [0.05, 0.1) is 18.7 Å². The van der Waals surface area contributed by atoms with Crippen LogP contribution in [0.2, 0.25) is 0 Å². The highest BCUT2D eigenvalue weighted by atomic mass is 16.5. The molecule has 0 aliphatic rings. The van der Waals surface area contributed by atoms with E-state index in [9.17, 15) is 0 Å². The smallest absolute Gasteiger partial charge is 0.231 e. The van der Waals surface area contributed by atoms with E-state index in [1.807, 2.05) is 55.7 Å². The van der Waals surface area contributed by atoms with E-state index in [1.54, 1.807) is 31.6 Å². The standard InChI is InChI=1S/C20H17N3O2.C2H6/c1-4-6-16(17(5-2)24-3)18-20-23(11-12-25-20)19(22-18)15-9-7-14(13-21)8-10-15;1-2/h4-12H,2H2,1,3H3;1-2H3/b6-4-,17-16-;. The topological polar surface area (TPSA) is 63.5 Å². The van der Waals surface area contributed by atoms with Gasteiger partial charge in [-0.15, -0.1) is 0 Å². The first-order valence-corrected chi connectivity index (χ1v) is 8.73. The van der Waals surface area contributed by atoms with Gasteiger partial charge >= 0.3 is 0 Å². The molecule has 0 amide bonds. The molecule has 0 saturated heterocycles. The third-order valence-electron chi connectivity index (χ3n) is 3.79. The average Bonchev–Trinajstić information content (AvgIpc) is 3.33. The molecule has 5 nitrogen and oxygen atoms in total. The van der Waals surface area contributed by atoms with Crippen molar-refractivity contribution in [1.82, 2.24) is 9.38 Å². The molecule has 138 valence electrons. The summed E-state index contributed by atoms with van der Waals surface area (Å²) in [4.78, 5) is 4.76. The van der Waals surface area contributed by atoms with Crippen LogP contribution in [0.25, 0.3) is 22.7 Å². The molecule has 0 N–H and O–H groups in total. The first kappa shape index (κ1) is 19.8. The first-order chi connectivity index (χ1) is 13.2. The van der Waals surface area contributed by atoms with Gasteiger partial charge in [0.25, 0.3) is 0 Å². The van der Waals surface area contributed by atoms with E-state index in [2.05, 4.69) is 12.6 Å². The molecule has 2 aromatic heterocycles. The molecule has 0 aliphatic carbocycles. The highest BCUT2D eigenvalue weighted by Gasteiger charge is 2.19. The quantitative estimate of drug-likeness (QED) is 0.437. The zero-order chi connectivity index (χ0) is 19.8. The van der Waals surface area contributed by atoms with Crippen LogP contribution in [0, 0.1) is 11.3 Å². The summed E-state index contributed by atoms with van der Waals surface area (Å²) >= 11 is 0. The molecule has 0 aliphatic heterocycles. The Morgan fingerprint density at radius 2 is 2.00 bits per heavy atom. The van der Waals surface area contributed by atoms with Gasteiger partial charge in [0.1, 0.15) is 23.5 Å². The lowest BCUT2D eigenvalue weighted by Crippen LogP contribution is -1.91. The number of nitriles is 1. The number of benzene rings is 1. The highest BCUT2D eigenvalue weighted by molar-refractivity contribution is 5.83. The van der Waals surface area contributed by atoms with Gasteiger partial charge in [0.2, 0.25) is 5.71 Å². The van der Waals surface area contributed by atoms with Crippen molar-refractivity contribution >= 4 is 11.3 Å². The van der Waals surface area contributed by atoms with Crippen LogP contribution in [-0.4, -0.2) is 16.5 Å². The number of allylic oxidation sites excluding steroid dienone is 4. The molecule has 3 rings (SSSR count). The van der Waals surface area contributed by atoms with Crippen LogP contribution >= 0.6 is 0 Å². The predicted molar refractivity (Wildman–Crippen MR) is 108 cm³/mol. The summed E-state index contributed by atoms with van der Waals surface area (Å²) in [5.74, 6) is 1.34. The summed E-state index contributed by atoms with van der Waals surface area (Å²) in [6, 6.07) is 9.39. The second-order valence-electron chi connectivity index (χ2n) is 5.24.